The van der Waals surface area contributed by atoms with Crippen LogP contribution in [0, 0.1) is 0 Å². The fourth-order valence-electron chi connectivity index (χ4n) is 3.43. The van der Waals surface area contributed by atoms with E-state index >= 15 is 0 Å². The molecule has 0 radical (unpaired) electrons. The molecule has 0 saturated carbocycles. The molecule has 1 atom stereocenters. The van der Waals surface area contributed by atoms with Gasteiger partial charge in [-0.1, -0.05) is 31.5 Å². The van der Waals surface area contributed by atoms with Crippen LogP contribution in [0.1, 0.15) is 44.6 Å². The lowest BCUT2D eigenvalue weighted by molar-refractivity contribution is -0.146. The van der Waals surface area contributed by atoms with Gasteiger partial charge in [0.1, 0.15) is 5.72 Å². The van der Waals surface area contributed by atoms with Crippen LogP contribution in [0.4, 0.5) is 0 Å². The van der Waals surface area contributed by atoms with Crippen molar-refractivity contribution >= 4 is 16.8 Å². The number of carbonyl (C=O) groups excluding carboxylic acids is 1. The van der Waals surface area contributed by atoms with Gasteiger partial charge in [0, 0.05) is 36.5 Å². The Kier molecular flexibility index (Phi) is 4.21. The van der Waals surface area contributed by atoms with Crippen molar-refractivity contribution in [2.24, 2.45) is 0 Å². The Morgan fingerprint density at radius 1 is 1.36 bits per heavy atom. The van der Waals surface area contributed by atoms with Crippen molar-refractivity contribution in [3.05, 3.63) is 36.0 Å². The molecule has 1 aliphatic heterocycles. The quantitative estimate of drug-likeness (QED) is 0.860. The third-order valence-electron chi connectivity index (χ3n) is 4.75. The molecule has 1 fully saturated rings. The lowest BCUT2D eigenvalue weighted by Gasteiger charge is -2.34. The van der Waals surface area contributed by atoms with Crippen molar-refractivity contribution < 1.29 is 9.90 Å². The van der Waals surface area contributed by atoms with E-state index in [0.717, 1.165) is 24.8 Å². The minimum atomic E-state index is -0.931. The van der Waals surface area contributed by atoms with Crippen LogP contribution < -0.4 is 0 Å². The van der Waals surface area contributed by atoms with Crippen LogP contribution in [0.25, 0.3) is 10.9 Å². The zero-order chi connectivity index (χ0) is 15.6. The molecule has 1 aromatic carbocycles. The highest BCUT2D eigenvalue weighted by Gasteiger charge is 2.42. The summed E-state index contributed by atoms with van der Waals surface area (Å²) in [7, 11) is 0. The number of aromatic amines is 1. The largest absolute Gasteiger partial charge is 0.371 e. The second-order valence-corrected chi connectivity index (χ2v) is 6.24. The number of carbonyl (C=O) groups is 1. The van der Waals surface area contributed by atoms with Crippen LogP contribution in [0.2, 0.25) is 0 Å². The van der Waals surface area contributed by atoms with Crippen molar-refractivity contribution in [3.8, 4) is 0 Å². The molecule has 4 heteroatoms. The first kappa shape index (κ1) is 15.1. The first-order chi connectivity index (χ1) is 10.6. The van der Waals surface area contributed by atoms with Crippen LogP contribution in [0.5, 0.6) is 0 Å². The summed E-state index contributed by atoms with van der Waals surface area (Å²) >= 11 is 0. The van der Waals surface area contributed by atoms with Crippen molar-refractivity contribution in [2.75, 3.05) is 6.54 Å². The summed E-state index contributed by atoms with van der Waals surface area (Å²) in [6.07, 6.45) is 6.48. The molecule has 118 valence electrons. The maximum absolute atomic E-state index is 12.1. The number of hydrogen-bond acceptors (Lipinski definition) is 2. The van der Waals surface area contributed by atoms with Gasteiger partial charge in [0.2, 0.25) is 5.91 Å². The topological polar surface area (TPSA) is 56.3 Å². The summed E-state index contributed by atoms with van der Waals surface area (Å²) in [5.41, 5.74) is 1.39. The van der Waals surface area contributed by atoms with E-state index in [-0.39, 0.29) is 5.91 Å². The maximum Gasteiger partial charge on any atom is 0.225 e. The van der Waals surface area contributed by atoms with Gasteiger partial charge in [0.25, 0.3) is 0 Å². The van der Waals surface area contributed by atoms with E-state index in [1.54, 1.807) is 4.90 Å². The molecule has 0 bridgehead atoms. The molecule has 0 aliphatic carbocycles. The first-order valence-corrected chi connectivity index (χ1v) is 8.22. The Morgan fingerprint density at radius 2 is 2.18 bits per heavy atom. The van der Waals surface area contributed by atoms with Crippen molar-refractivity contribution in [1.29, 1.82) is 0 Å². The van der Waals surface area contributed by atoms with Crippen LogP contribution in [-0.4, -0.2) is 33.2 Å². The second kappa shape index (κ2) is 6.13. The Bertz CT molecular complexity index is 664. The van der Waals surface area contributed by atoms with Gasteiger partial charge in [-0.25, -0.2) is 0 Å². The van der Waals surface area contributed by atoms with Gasteiger partial charge in [0.05, 0.1) is 0 Å². The number of hydrogen-bond donors (Lipinski definition) is 2. The second-order valence-electron chi connectivity index (χ2n) is 6.24. The Morgan fingerprint density at radius 3 is 3.00 bits per heavy atom. The van der Waals surface area contributed by atoms with Crippen LogP contribution in [0.15, 0.2) is 30.5 Å². The molecule has 4 nitrogen and oxygen atoms in total. The van der Waals surface area contributed by atoms with E-state index in [2.05, 4.69) is 24.0 Å². The van der Waals surface area contributed by atoms with Gasteiger partial charge < -0.3 is 15.0 Å². The fraction of sp³-hybridized carbons (Fsp3) is 0.500. The lowest BCUT2D eigenvalue weighted by atomic mass is 10.0. The molecule has 1 amide bonds. The minimum Gasteiger partial charge on any atom is -0.371 e. The number of para-hydroxylation sites is 1. The molecule has 2 aromatic rings. The zero-order valence-electron chi connectivity index (χ0n) is 13.1. The predicted octanol–water partition coefficient (Wildman–Crippen LogP) is 3.21. The summed E-state index contributed by atoms with van der Waals surface area (Å²) in [6.45, 7) is 2.69. The average Bonchev–Trinajstić information content (AvgIpc) is 3.06. The third kappa shape index (κ3) is 2.75. The molecular formula is C18H24N2O2. The molecule has 2 N–H and O–H groups in total. The average molecular weight is 300 g/mol. The molecule has 3 rings (SSSR count). The van der Waals surface area contributed by atoms with Crippen LogP contribution >= 0.6 is 0 Å². The first-order valence-electron chi connectivity index (χ1n) is 8.22. The fourth-order valence-corrected chi connectivity index (χ4v) is 3.43. The number of fused-ring (bicyclic) bond motifs is 1. The van der Waals surface area contributed by atoms with Gasteiger partial charge in [-0.2, -0.15) is 0 Å². The number of unbranched alkanes of at least 4 members (excludes halogenated alkanes) is 1. The number of nitrogens with zero attached hydrogens (tertiary/aromatic N) is 1. The Hall–Kier alpha value is -1.81. The van der Waals surface area contributed by atoms with Gasteiger partial charge in [-0.3, -0.25) is 4.79 Å². The molecule has 1 aromatic heterocycles. The summed E-state index contributed by atoms with van der Waals surface area (Å²) in [6, 6.07) is 8.18. The SMILES string of the molecule is CCCCC1(O)CCC(=O)N1CCc1c[nH]c2ccccc12. The van der Waals surface area contributed by atoms with Gasteiger partial charge >= 0.3 is 0 Å². The number of nitrogens with one attached hydrogen (secondary N) is 1. The summed E-state index contributed by atoms with van der Waals surface area (Å²) < 4.78 is 0. The molecular weight excluding hydrogens is 276 g/mol. The van der Waals surface area contributed by atoms with Crippen LogP contribution in [0.3, 0.4) is 0 Å². The third-order valence-corrected chi connectivity index (χ3v) is 4.75. The summed E-state index contributed by atoms with van der Waals surface area (Å²) in [5.74, 6) is 0.0819. The highest BCUT2D eigenvalue weighted by molar-refractivity contribution is 5.83. The highest BCUT2D eigenvalue weighted by Crippen LogP contribution is 2.32. The van der Waals surface area contributed by atoms with Gasteiger partial charge in [0.15, 0.2) is 0 Å². The Balaban J connectivity index is 1.72. The summed E-state index contributed by atoms with van der Waals surface area (Å²) in [5, 5.41) is 12.0. The number of aliphatic hydroxyl groups is 1. The number of rotatable bonds is 6. The minimum absolute atomic E-state index is 0.0819. The van der Waals surface area contributed by atoms with E-state index in [0.29, 0.717) is 25.8 Å². The van der Waals surface area contributed by atoms with E-state index in [4.69, 9.17) is 0 Å². The smallest absolute Gasteiger partial charge is 0.225 e. The van der Waals surface area contributed by atoms with Gasteiger partial charge in [-0.15, -0.1) is 0 Å². The molecule has 1 aliphatic rings. The monoisotopic (exact) mass is 300 g/mol. The molecule has 1 saturated heterocycles. The lowest BCUT2D eigenvalue weighted by Crippen LogP contribution is -2.46. The summed E-state index contributed by atoms with van der Waals surface area (Å²) in [4.78, 5) is 17.1. The number of aromatic nitrogens is 1. The van der Waals surface area contributed by atoms with Crippen molar-refractivity contribution in [2.45, 2.75) is 51.2 Å². The van der Waals surface area contributed by atoms with E-state index in [1.807, 2.05) is 18.3 Å². The predicted molar refractivity (Wildman–Crippen MR) is 87.4 cm³/mol. The van der Waals surface area contributed by atoms with Crippen LogP contribution in [-0.2, 0) is 11.2 Å². The van der Waals surface area contributed by atoms with Crippen molar-refractivity contribution in [3.63, 3.8) is 0 Å². The molecule has 0 spiro atoms. The Labute approximate surface area is 131 Å². The maximum atomic E-state index is 12.1. The number of H-pyrrole nitrogens is 1. The van der Waals surface area contributed by atoms with Gasteiger partial charge in [-0.05, 0) is 30.9 Å². The molecule has 1 unspecified atom stereocenters. The molecule has 22 heavy (non-hydrogen) atoms. The van der Waals surface area contributed by atoms with E-state index < -0.39 is 5.72 Å². The number of likely N-dealkylation sites (tertiary alicyclic amines) is 1. The van der Waals surface area contributed by atoms with E-state index in [1.165, 1.54) is 10.9 Å². The molecule has 2 heterocycles. The standard InChI is InChI=1S/C18H24N2O2/c1-2-3-10-18(22)11-8-17(21)20(18)12-9-14-13-19-16-7-5-4-6-15(14)16/h4-7,13,19,22H,2-3,8-12H2,1H3. The van der Waals surface area contributed by atoms with Crippen molar-refractivity contribution in [1.82, 2.24) is 9.88 Å². The highest BCUT2D eigenvalue weighted by atomic mass is 16.3. The number of amides is 1. The number of benzene rings is 1. The van der Waals surface area contributed by atoms with E-state index in [9.17, 15) is 9.90 Å². The zero-order valence-corrected chi connectivity index (χ0v) is 13.1. The normalized spacial score (nSPS) is 21.9.